The van der Waals surface area contributed by atoms with Gasteiger partial charge < -0.3 is 5.32 Å². The van der Waals surface area contributed by atoms with Crippen molar-refractivity contribution in [3.8, 4) is 0 Å². The molecule has 0 fully saturated rings. The van der Waals surface area contributed by atoms with Crippen molar-refractivity contribution in [1.29, 1.82) is 0 Å². The predicted molar refractivity (Wildman–Crippen MR) is 88.5 cm³/mol. The van der Waals surface area contributed by atoms with Gasteiger partial charge >= 0.3 is 0 Å². The van der Waals surface area contributed by atoms with Gasteiger partial charge in [0.05, 0.1) is 17.7 Å². The van der Waals surface area contributed by atoms with E-state index in [1.807, 2.05) is 31.2 Å². The Morgan fingerprint density at radius 1 is 1.26 bits per heavy atom. The molecule has 0 aliphatic carbocycles. The number of nitro benzene ring substituents is 1. The van der Waals surface area contributed by atoms with E-state index in [4.69, 9.17) is 0 Å². The zero-order valence-corrected chi connectivity index (χ0v) is 12.5. The van der Waals surface area contributed by atoms with Gasteiger partial charge in [-0.3, -0.25) is 14.9 Å². The molecule has 0 aliphatic rings. The van der Waals surface area contributed by atoms with E-state index in [9.17, 15) is 14.9 Å². The second-order valence-corrected chi connectivity index (χ2v) is 4.87. The number of carbonyl (C=O) groups excluding carboxylic acids is 1. The van der Waals surface area contributed by atoms with Gasteiger partial charge in [-0.15, -0.1) is 0 Å². The van der Waals surface area contributed by atoms with E-state index in [0.29, 0.717) is 5.56 Å². The number of amides is 1. The maximum Gasteiger partial charge on any atom is 0.270 e. The molecule has 2 aromatic carbocycles. The van der Waals surface area contributed by atoms with Crippen LogP contribution in [0.5, 0.6) is 0 Å². The molecule has 0 saturated heterocycles. The van der Waals surface area contributed by atoms with Crippen LogP contribution in [0, 0.1) is 17.0 Å². The predicted octanol–water partition coefficient (Wildman–Crippen LogP) is 2.47. The van der Waals surface area contributed by atoms with E-state index >= 15 is 0 Å². The summed E-state index contributed by atoms with van der Waals surface area (Å²) >= 11 is 0. The average Bonchev–Trinajstić information content (AvgIpc) is 2.53. The largest absolute Gasteiger partial charge is 0.376 e. The lowest BCUT2D eigenvalue weighted by atomic mass is 10.2. The number of hydrogen-bond acceptors (Lipinski definition) is 5. The Labute approximate surface area is 133 Å². The van der Waals surface area contributed by atoms with Crippen molar-refractivity contribution in [2.24, 2.45) is 5.10 Å². The van der Waals surface area contributed by atoms with Gasteiger partial charge in [-0.2, -0.15) is 5.10 Å². The normalized spacial score (nSPS) is 10.5. The number of nitro groups is 1. The number of nitrogens with zero attached hydrogens (tertiary/aromatic N) is 2. The summed E-state index contributed by atoms with van der Waals surface area (Å²) in [4.78, 5) is 21.8. The van der Waals surface area contributed by atoms with Crippen molar-refractivity contribution in [1.82, 2.24) is 5.43 Å². The first-order chi connectivity index (χ1) is 11.0. The number of rotatable bonds is 6. The number of carbonyl (C=O) groups is 1. The third-order valence-corrected chi connectivity index (χ3v) is 2.96. The first-order valence-corrected chi connectivity index (χ1v) is 6.91. The number of hydrogen-bond donors (Lipinski definition) is 2. The van der Waals surface area contributed by atoms with Gasteiger partial charge in [-0.05, 0) is 24.6 Å². The van der Waals surface area contributed by atoms with Crippen LogP contribution in [0.4, 0.5) is 11.4 Å². The molecule has 23 heavy (non-hydrogen) atoms. The number of non-ortho nitro benzene ring substituents is 1. The van der Waals surface area contributed by atoms with E-state index in [1.165, 1.54) is 18.3 Å². The zero-order valence-electron chi connectivity index (χ0n) is 12.5. The van der Waals surface area contributed by atoms with Crippen LogP contribution in [0.15, 0.2) is 53.6 Å². The van der Waals surface area contributed by atoms with Crippen molar-refractivity contribution < 1.29 is 9.72 Å². The lowest BCUT2D eigenvalue weighted by molar-refractivity contribution is -0.384. The molecule has 0 heterocycles. The molecule has 0 bridgehead atoms. The van der Waals surface area contributed by atoms with Crippen LogP contribution in [0.2, 0.25) is 0 Å². The second kappa shape index (κ2) is 7.69. The molecule has 2 rings (SSSR count). The zero-order chi connectivity index (χ0) is 16.7. The smallest absolute Gasteiger partial charge is 0.270 e. The molecule has 0 atom stereocenters. The summed E-state index contributed by atoms with van der Waals surface area (Å²) in [6, 6.07) is 13.6. The number of nitrogens with one attached hydrogen (secondary N) is 2. The first kappa shape index (κ1) is 16.2. The topological polar surface area (TPSA) is 96.6 Å². The van der Waals surface area contributed by atoms with E-state index in [-0.39, 0.29) is 18.1 Å². The summed E-state index contributed by atoms with van der Waals surface area (Å²) < 4.78 is 0. The monoisotopic (exact) mass is 312 g/mol. The van der Waals surface area contributed by atoms with Gasteiger partial charge in [0.1, 0.15) is 0 Å². The van der Waals surface area contributed by atoms with Crippen LogP contribution >= 0.6 is 0 Å². The highest BCUT2D eigenvalue weighted by molar-refractivity contribution is 5.84. The maximum absolute atomic E-state index is 11.7. The molecule has 1 amide bonds. The molecular formula is C16H16N4O3. The standard InChI is InChI=1S/C16H16N4O3/c1-12-4-2-6-14(8-12)17-11-16(21)19-18-10-13-5-3-7-15(9-13)20(22)23/h2-10,17H,11H2,1H3,(H,19,21)/b18-10+. The molecule has 2 N–H and O–H groups in total. The van der Waals surface area contributed by atoms with E-state index in [2.05, 4.69) is 15.8 Å². The van der Waals surface area contributed by atoms with Crippen molar-refractivity contribution in [2.45, 2.75) is 6.92 Å². The molecule has 7 heteroatoms. The van der Waals surface area contributed by atoms with Gasteiger partial charge in [0.25, 0.3) is 11.6 Å². The minimum Gasteiger partial charge on any atom is -0.376 e. The Balaban J connectivity index is 1.84. The van der Waals surface area contributed by atoms with Crippen molar-refractivity contribution >= 4 is 23.5 Å². The van der Waals surface area contributed by atoms with E-state index < -0.39 is 4.92 Å². The molecule has 7 nitrogen and oxygen atoms in total. The van der Waals surface area contributed by atoms with Crippen LogP contribution in [-0.2, 0) is 4.79 Å². The average molecular weight is 312 g/mol. The minimum absolute atomic E-state index is 0.0265. The van der Waals surface area contributed by atoms with Gasteiger partial charge in [-0.1, -0.05) is 24.3 Å². The van der Waals surface area contributed by atoms with Crippen LogP contribution in [-0.4, -0.2) is 23.6 Å². The highest BCUT2D eigenvalue weighted by Gasteiger charge is 2.04. The maximum atomic E-state index is 11.7. The summed E-state index contributed by atoms with van der Waals surface area (Å²) in [5.74, 6) is -0.312. The molecule has 0 spiro atoms. The van der Waals surface area contributed by atoms with Crippen molar-refractivity contribution in [3.63, 3.8) is 0 Å². The first-order valence-electron chi connectivity index (χ1n) is 6.91. The minimum atomic E-state index is -0.484. The van der Waals surface area contributed by atoms with Crippen molar-refractivity contribution in [3.05, 3.63) is 69.8 Å². The Kier molecular flexibility index (Phi) is 5.40. The highest BCUT2D eigenvalue weighted by Crippen LogP contribution is 2.11. The summed E-state index contributed by atoms with van der Waals surface area (Å²) in [6.07, 6.45) is 1.36. The van der Waals surface area contributed by atoms with Gasteiger partial charge in [-0.25, -0.2) is 5.43 Å². The van der Waals surface area contributed by atoms with Crippen LogP contribution in [0.25, 0.3) is 0 Å². The van der Waals surface area contributed by atoms with E-state index in [0.717, 1.165) is 11.3 Å². The van der Waals surface area contributed by atoms with Gasteiger partial charge in [0.15, 0.2) is 0 Å². The molecular weight excluding hydrogens is 296 g/mol. The lowest BCUT2D eigenvalue weighted by Gasteiger charge is -2.05. The molecule has 2 aromatic rings. The Bertz CT molecular complexity index is 744. The van der Waals surface area contributed by atoms with Crippen LogP contribution in [0.1, 0.15) is 11.1 Å². The SMILES string of the molecule is Cc1cccc(NCC(=O)N/N=C/c2cccc([N+](=O)[O-])c2)c1. The number of benzene rings is 2. The Hall–Kier alpha value is -3.22. The van der Waals surface area contributed by atoms with Gasteiger partial charge in [0.2, 0.25) is 0 Å². The summed E-state index contributed by atoms with van der Waals surface area (Å²) in [5, 5.41) is 17.4. The molecule has 0 radical (unpaired) electrons. The third-order valence-electron chi connectivity index (χ3n) is 2.96. The molecule has 0 aliphatic heterocycles. The molecule has 0 saturated carbocycles. The molecule has 0 aromatic heterocycles. The number of hydrazone groups is 1. The summed E-state index contributed by atoms with van der Waals surface area (Å²) in [6.45, 7) is 2.05. The Morgan fingerprint density at radius 3 is 2.78 bits per heavy atom. The molecule has 0 unspecified atom stereocenters. The van der Waals surface area contributed by atoms with Gasteiger partial charge in [0, 0.05) is 23.4 Å². The fourth-order valence-electron chi connectivity index (χ4n) is 1.87. The Morgan fingerprint density at radius 2 is 2.04 bits per heavy atom. The lowest BCUT2D eigenvalue weighted by Crippen LogP contribution is -2.25. The fourth-order valence-corrected chi connectivity index (χ4v) is 1.87. The van der Waals surface area contributed by atoms with Crippen LogP contribution in [0.3, 0.4) is 0 Å². The quantitative estimate of drug-likeness (QED) is 0.486. The van der Waals surface area contributed by atoms with Crippen LogP contribution < -0.4 is 10.7 Å². The summed E-state index contributed by atoms with van der Waals surface area (Å²) in [5.41, 5.74) is 4.82. The second-order valence-electron chi connectivity index (χ2n) is 4.87. The highest BCUT2D eigenvalue weighted by atomic mass is 16.6. The summed E-state index contributed by atoms with van der Waals surface area (Å²) in [7, 11) is 0. The fraction of sp³-hybridized carbons (Fsp3) is 0.125. The number of aryl methyl sites for hydroxylation is 1. The van der Waals surface area contributed by atoms with Crippen molar-refractivity contribution in [2.75, 3.05) is 11.9 Å². The molecule has 118 valence electrons. The number of anilines is 1. The van der Waals surface area contributed by atoms with E-state index in [1.54, 1.807) is 12.1 Å². The third kappa shape index (κ3) is 5.24.